The number of methoxy groups -OCH3 is 1. The lowest BCUT2D eigenvalue weighted by atomic mass is 9.62. The average Bonchev–Trinajstić information content (AvgIpc) is 3.29. The molecule has 1 saturated heterocycles. The van der Waals surface area contributed by atoms with Crippen LogP contribution in [0.3, 0.4) is 0 Å². The Balaban J connectivity index is 1.77. The molecule has 1 atom stereocenters. The topological polar surface area (TPSA) is 74.3 Å². The normalized spacial score (nSPS) is 18.0. The van der Waals surface area contributed by atoms with E-state index in [0.717, 1.165) is 41.2 Å². The number of rotatable bonds is 8. The van der Waals surface area contributed by atoms with Crippen molar-refractivity contribution in [3.05, 3.63) is 71.2 Å². The van der Waals surface area contributed by atoms with Crippen molar-refractivity contribution in [2.24, 2.45) is 5.41 Å². The van der Waals surface area contributed by atoms with Crippen LogP contribution in [0.4, 0.5) is 0 Å². The molecule has 0 unspecified atom stereocenters. The molecule has 6 heteroatoms. The number of ether oxygens (including phenoxy) is 1. The molecular formula is C28H38N4O2. The van der Waals surface area contributed by atoms with Crippen molar-refractivity contribution in [3.63, 3.8) is 0 Å². The molecule has 0 spiro atoms. The Kier molecular flexibility index (Phi) is 6.44. The molecule has 3 aromatic rings. The van der Waals surface area contributed by atoms with Gasteiger partial charge in [0, 0.05) is 60.2 Å². The quantitative estimate of drug-likeness (QED) is 0.507. The SMILES string of the molecule is COCC(C)(C)c1cc(-c2cncc([C@@](O)(c3ccc(C(C)C)cc3)C3(C)CN(C)C3)c2)n[nH]1. The molecule has 1 aromatic carbocycles. The van der Waals surface area contributed by atoms with Gasteiger partial charge in [-0.25, -0.2) is 0 Å². The number of aliphatic hydroxyl groups is 1. The number of aromatic nitrogens is 3. The zero-order chi connectivity index (χ0) is 24.7. The Labute approximate surface area is 203 Å². The molecule has 0 aliphatic carbocycles. The fourth-order valence-corrected chi connectivity index (χ4v) is 5.38. The summed E-state index contributed by atoms with van der Waals surface area (Å²) < 4.78 is 5.38. The van der Waals surface area contributed by atoms with E-state index in [1.165, 1.54) is 5.56 Å². The number of hydrogen-bond donors (Lipinski definition) is 2. The summed E-state index contributed by atoms with van der Waals surface area (Å²) in [6.45, 7) is 13.0. The maximum absolute atomic E-state index is 12.4. The smallest absolute Gasteiger partial charge is 0.124 e. The summed E-state index contributed by atoms with van der Waals surface area (Å²) in [6.07, 6.45) is 3.61. The standard InChI is InChI=1S/C28H38N4O2/c1-19(2)20-8-10-22(11-9-20)28(33,27(5)16-32(6)17-27)23-12-21(14-29-15-23)24-13-25(31-30-24)26(3,4)18-34-7/h8-15,19,33H,16-18H2,1-7H3,(H,30,31)/t28-/m0/s1. The largest absolute Gasteiger partial charge is 0.384 e. The molecule has 2 aromatic heterocycles. The van der Waals surface area contributed by atoms with Crippen LogP contribution in [0.2, 0.25) is 0 Å². The Morgan fingerprint density at radius 3 is 2.38 bits per heavy atom. The van der Waals surface area contributed by atoms with Crippen LogP contribution in [0.1, 0.15) is 62.9 Å². The van der Waals surface area contributed by atoms with Gasteiger partial charge in [-0.2, -0.15) is 5.10 Å². The third-order valence-corrected chi connectivity index (χ3v) is 7.37. The van der Waals surface area contributed by atoms with Crippen LogP contribution < -0.4 is 0 Å². The average molecular weight is 463 g/mol. The predicted octanol–water partition coefficient (Wildman–Crippen LogP) is 4.71. The minimum atomic E-state index is -1.17. The van der Waals surface area contributed by atoms with Gasteiger partial charge in [-0.3, -0.25) is 10.1 Å². The third-order valence-electron chi connectivity index (χ3n) is 7.37. The first-order valence-corrected chi connectivity index (χ1v) is 12.0. The van der Waals surface area contributed by atoms with E-state index >= 15 is 0 Å². The van der Waals surface area contributed by atoms with Crippen LogP contribution in [0.5, 0.6) is 0 Å². The van der Waals surface area contributed by atoms with Gasteiger partial charge in [0.15, 0.2) is 0 Å². The van der Waals surface area contributed by atoms with Crippen molar-refractivity contribution < 1.29 is 9.84 Å². The summed E-state index contributed by atoms with van der Waals surface area (Å²) in [5, 5.41) is 20.2. The second-order valence-corrected chi connectivity index (χ2v) is 11.2. The minimum absolute atomic E-state index is 0.187. The van der Waals surface area contributed by atoms with Gasteiger partial charge < -0.3 is 14.7 Å². The lowest BCUT2D eigenvalue weighted by molar-refractivity contribution is -0.127. The van der Waals surface area contributed by atoms with Crippen LogP contribution in [-0.2, 0) is 15.8 Å². The number of aromatic amines is 1. The molecular weight excluding hydrogens is 424 g/mol. The van der Waals surface area contributed by atoms with E-state index < -0.39 is 5.60 Å². The Hall–Kier alpha value is -2.54. The van der Waals surface area contributed by atoms with Gasteiger partial charge in [-0.1, -0.05) is 58.9 Å². The van der Waals surface area contributed by atoms with Crippen molar-refractivity contribution in [3.8, 4) is 11.3 Å². The number of likely N-dealkylation sites (tertiary alicyclic amines) is 1. The Morgan fingerprint density at radius 2 is 1.79 bits per heavy atom. The van der Waals surface area contributed by atoms with Gasteiger partial charge in [0.05, 0.1) is 12.3 Å². The van der Waals surface area contributed by atoms with Gasteiger partial charge >= 0.3 is 0 Å². The van der Waals surface area contributed by atoms with E-state index in [2.05, 4.69) is 92.1 Å². The first kappa shape index (κ1) is 24.6. The van der Waals surface area contributed by atoms with Crippen LogP contribution in [0.15, 0.2) is 48.8 Å². The molecule has 1 fully saturated rings. The molecule has 0 bridgehead atoms. The molecule has 4 rings (SSSR count). The lowest BCUT2D eigenvalue weighted by Crippen LogP contribution is -2.63. The molecule has 3 heterocycles. The van der Waals surface area contributed by atoms with E-state index in [-0.39, 0.29) is 10.8 Å². The van der Waals surface area contributed by atoms with Crippen LogP contribution in [0, 0.1) is 5.41 Å². The van der Waals surface area contributed by atoms with E-state index in [1.54, 1.807) is 13.3 Å². The molecule has 1 aliphatic rings. The number of H-pyrrole nitrogens is 1. The van der Waals surface area contributed by atoms with Crippen LogP contribution in [0.25, 0.3) is 11.3 Å². The zero-order valence-corrected chi connectivity index (χ0v) is 21.5. The number of hydrogen-bond acceptors (Lipinski definition) is 5. The molecule has 0 amide bonds. The highest BCUT2D eigenvalue weighted by Crippen LogP contribution is 2.50. The van der Waals surface area contributed by atoms with E-state index in [0.29, 0.717) is 12.5 Å². The third kappa shape index (κ3) is 4.19. The van der Waals surface area contributed by atoms with Gasteiger partial charge in [-0.15, -0.1) is 0 Å². The van der Waals surface area contributed by atoms with Gasteiger partial charge in [0.2, 0.25) is 0 Å². The van der Waals surface area contributed by atoms with Crippen LogP contribution in [-0.4, -0.2) is 59.0 Å². The van der Waals surface area contributed by atoms with Gasteiger partial charge in [0.1, 0.15) is 5.60 Å². The molecule has 34 heavy (non-hydrogen) atoms. The maximum Gasteiger partial charge on any atom is 0.124 e. The highest BCUT2D eigenvalue weighted by Gasteiger charge is 2.55. The fourth-order valence-electron chi connectivity index (χ4n) is 5.38. The molecule has 6 nitrogen and oxygen atoms in total. The van der Waals surface area contributed by atoms with Gasteiger partial charge in [-0.05, 0) is 36.2 Å². The summed E-state index contributed by atoms with van der Waals surface area (Å²) in [6, 6.07) is 12.5. The lowest BCUT2D eigenvalue weighted by Gasteiger charge is -2.55. The van der Waals surface area contributed by atoms with Crippen molar-refractivity contribution in [1.29, 1.82) is 0 Å². The minimum Gasteiger partial charge on any atom is -0.384 e. The van der Waals surface area contributed by atoms with E-state index in [4.69, 9.17) is 4.74 Å². The first-order valence-electron chi connectivity index (χ1n) is 12.0. The Morgan fingerprint density at radius 1 is 1.12 bits per heavy atom. The monoisotopic (exact) mass is 462 g/mol. The maximum atomic E-state index is 12.4. The van der Waals surface area contributed by atoms with Crippen molar-refractivity contribution in [2.45, 2.75) is 51.6 Å². The predicted molar refractivity (Wildman–Crippen MR) is 136 cm³/mol. The number of benzene rings is 1. The first-order chi connectivity index (χ1) is 16.0. The van der Waals surface area contributed by atoms with Crippen molar-refractivity contribution in [1.82, 2.24) is 20.1 Å². The molecule has 1 aliphatic heterocycles. The number of nitrogens with zero attached hydrogens (tertiary/aromatic N) is 3. The van der Waals surface area contributed by atoms with E-state index in [9.17, 15) is 5.11 Å². The Bertz CT molecular complexity index is 1130. The summed E-state index contributed by atoms with van der Waals surface area (Å²) in [5.74, 6) is 0.439. The highest BCUT2D eigenvalue weighted by molar-refractivity contribution is 5.60. The molecule has 0 saturated carbocycles. The summed E-state index contributed by atoms with van der Waals surface area (Å²) >= 11 is 0. The van der Waals surface area contributed by atoms with Crippen LogP contribution >= 0.6 is 0 Å². The highest BCUT2D eigenvalue weighted by atomic mass is 16.5. The van der Waals surface area contributed by atoms with Crippen molar-refractivity contribution in [2.75, 3.05) is 33.9 Å². The van der Waals surface area contributed by atoms with Gasteiger partial charge in [0.25, 0.3) is 0 Å². The zero-order valence-electron chi connectivity index (χ0n) is 21.5. The molecule has 0 radical (unpaired) electrons. The van der Waals surface area contributed by atoms with Crippen molar-refractivity contribution >= 4 is 0 Å². The number of pyridine rings is 1. The second kappa shape index (κ2) is 8.91. The van der Waals surface area contributed by atoms with E-state index in [1.807, 2.05) is 12.3 Å². The summed E-state index contributed by atoms with van der Waals surface area (Å²) in [4.78, 5) is 6.78. The summed E-state index contributed by atoms with van der Waals surface area (Å²) in [7, 11) is 3.80. The second-order valence-electron chi connectivity index (χ2n) is 11.2. The summed E-state index contributed by atoms with van der Waals surface area (Å²) in [5.41, 5.74) is 3.94. The number of nitrogens with one attached hydrogen (secondary N) is 1. The fraction of sp³-hybridized carbons (Fsp3) is 0.500. The molecule has 182 valence electrons. The molecule has 2 N–H and O–H groups in total.